The molecular formula is C25H38N2O2. The summed E-state index contributed by atoms with van der Waals surface area (Å²) in [6.45, 7) is 13.2. The van der Waals surface area contributed by atoms with Gasteiger partial charge in [-0.2, -0.15) is 0 Å². The highest BCUT2D eigenvalue weighted by molar-refractivity contribution is 5.38. The Kier molecular flexibility index (Phi) is 3.74. The van der Waals surface area contributed by atoms with Gasteiger partial charge in [0.2, 0.25) is 0 Å². The molecule has 0 radical (unpaired) electrons. The number of aromatic nitrogens is 1. The van der Waals surface area contributed by atoms with Crippen molar-refractivity contribution in [1.29, 1.82) is 0 Å². The standard InChI is InChI=1S/C25H38N2O2/c1-16-10-9-11-18(27-16)17-14-21(4)19-23(17,6)29-24(13-8-7-12-22(21,24)5)15-25(19,28)20(2,3)26/h9-11,17,19,28H,7-8,12-15,26H2,1-6H3/t17-,19-,21?,22?,23?,24?,25+/m1/s1. The Bertz CT molecular complexity index is 865. The average molecular weight is 399 g/mol. The van der Waals surface area contributed by atoms with Gasteiger partial charge in [0.1, 0.15) is 0 Å². The maximum Gasteiger partial charge on any atom is 0.0909 e. The van der Waals surface area contributed by atoms with Crippen LogP contribution in [-0.2, 0) is 4.74 Å². The summed E-state index contributed by atoms with van der Waals surface area (Å²) in [5, 5.41) is 12.4. The first-order valence-electron chi connectivity index (χ1n) is 11.5. The third-order valence-electron chi connectivity index (χ3n) is 10.1. The van der Waals surface area contributed by atoms with E-state index in [4.69, 9.17) is 15.5 Å². The molecule has 3 N–H and O–H groups in total. The molecule has 3 aliphatic carbocycles. The molecule has 29 heavy (non-hydrogen) atoms. The fraction of sp³-hybridized carbons (Fsp3) is 0.800. The summed E-state index contributed by atoms with van der Waals surface area (Å²) in [5.41, 5.74) is 6.49. The van der Waals surface area contributed by atoms with Gasteiger partial charge in [-0.05, 0) is 64.5 Å². The largest absolute Gasteiger partial charge is 0.387 e. The van der Waals surface area contributed by atoms with Gasteiger partial charge < -0.3 is 15.6 Å². The molecule has 2 saturated heterocycles. The first-order chi connectivity index (χ1) is 13.3. The Morgan fingerprint density at radius 1 is 1.17 bits per heavy atom. The summed E-state index contributed by atoms with van der Waals surface area (Å²) in [7, 11) is 0. The SMILES string of the molecule is Cc1cccc([C@H]2CC3(C)[C@@H]4C2(C)OC2(CCCCC23C)C[C@@]4(O)C(C)(C)N)n1. The van der Waals surface area contributed by atoms with Crippen molar-refractivity contribution in [3.05, 3.63) is 29.6 Å². The molecule has 6 rings (SSSR count). The summed E-state index contributed by atoms with van der Waals surface area (Å²) >= 11 is 0. The quantitative estimate of drug-likeness (QED) is 0.771. The monoisotopic (exact) mass is 398 g/mol. The Balaban J connectivity index is 1.77. The molecule has 1 aromatic heterocycles. The number of aliphatic hydroxyl groups is 1. The lowest BCUT2D eigenvalue weighted by atomic mass is 9.37. The molecule has 4 unspecified atom stereocenters. The first-order valence-corrected chi connectivity index (χ1v) is 11.5. The number of aryl methyl sites for hydroxylation is 1. The van der Waals surface area contributed by atoms with Crippen molar-refractivity contribution in [2.24, 2.45) is 22.5 Å². The number of nitrogens with two attached hydrogens (primary N) is 1. The number of ether oxygens (including phenoxy) is 1. The molecule has 5 aliphatic rings. The highest BCUT2D eigenvalue weighted by Gasteiger charge is 2.85. The van der Waals surface area contributed by atoms with Crippen LogP contribution in [0.15, 0.2) is 18.2 Å². The van der Waals surface area contributed by atoms with Crippen LogP contribution in [-0.4, -0.2) is 32.4 Å². The van der Waals surface area contributed by atoms with Crippen molar-refractivity contribution < 1.29 is 9.84 Å². The smallest absolute Gasteiger partial charge is 0.0909 e. The number of rotatable bonds is 2. The molecule has 4 heteroatoms. The predicted octanol–water partition coefficient (Wildman–Crippen LogP) is 4.48. The zero-order chi connectivity index (χ0) is 21.1. The minimum atomic E-state index is -0.954. The van der Waals surface area contributed by atoms with E-state index >= 15 is 0 Å². The van der Waals surface area contributed by atoms with Crippen LogP contribution in [0.4, 0.5) is 0 Å². The van der Waals surface area contributed by atoms with Crippen molar-refractivity contribution in [3.63, 3.8) is 0 Å². The third-order valence-corrected chi connectivity index (χ3v) is 10.1. The topological polar surface area (TPSA) is 68.4 Å². The van der Waals surface area contributed by atoms with Gasteiger partial charge in [0.15, 0.2) is 0 Å². The Labute approximate surface area is 175 Å². The van der Waals surface area contributed by atoms with Crippen LogP contribution in [0.1, 0.15) is 90.4 Å². The zero-order valence-corrected chi connectivity index (χ0v) is 19.0. The van der Waals surface area contributed by atoms with E-state index in [1.165, 1.54) is 19.3 Å². The van der Waals surface area contributed by atoms with Crippen molar-refractivity contribution in [2.75, 3.05) is 0 Å². The second-order valence-corrected chi connectivity index (χ2v) is 12.0. The number of nitrogens with zero attached hydrogens (tertiary/aromatic N) is 1. The van der Waals surface area contributed by atoms with Gasteiger partial charge in [0.25, 0.3) is 0 Å². The van der Waals surface area contributed by atoms with Gasteiger partial charge in [-0.25, -0.2) is 0 Å². The van der Waals surface area contributed by atoms with Crippen molar-refractivity contribution in [3.8, 4) is 0 Å². The molecule has 4 bridgehead atoms. The summed E-state index contributed by atoms with van der Waals surface area (Å²) in [5.74, 6) is 0.158. The van der Waals surface area contributed by atoms with Crippen LogP contribution < -0.4 is 5.73 Å². The normalized spacial score (nSPS) is 51.2. The van der Waals surface area contributed by atoms with E-state index in [0.29, 0.717) is 6.42 Å². The lowest BCUT2D eigenvalue weighted by Gasteiger charge is -2.76. The molecular weight excluding hydrogens is 360 g/mol. The highest BCUT2D eigenvalue weighted by atomic mass is 16.5. The predicted molar refractivity (Wildman–Crippen MR) is 115 cm³/mol. The average Bonchev–Trinajstić information content (AvgIpc) is 2.82. The van der Waals surface area contributed by atoms with Crippen LogP contribution in [0, 0.1) is 23.7 Å². The van der Waals surface area contributed by atoms with Crippen LogP contribution in [0.2, 0.25) is 0 Å². The Morgan fingerprint density at radius 2 is 1.86 bits per heavy atom. The lowest BCUT2D eigenvalue weighted by Crippen LogP contribution is -2.83. The second-order valence-electron chi connectivity index (χ2n) is 12.0. The summed E-state index contributed by atoms with van der Waals surface area (Å²) < 4.78 is 7.27. The van der Waals surface area contributed by atoms with Crippen LogP contribution in [0.5, 0.6) is 0 Å². The maximum absolute atomic E-state index is 12.4. The van der Waals surface area contributed by atoms with Gasteiger partial charge in [0.05, 0.1) is 16.8 Å². The van der Waals surface area contributed by atoms with Crippen molar-refractivity contribution in [1.82, 2.24) is 4.98 Å². The van der Waals surface area contributed by atoms with E-state index in [1.54, 1.807) is 0 Å². The minimum Gasteiger partial charge on any atom is -0.387 e. The van der Waals surface area contributed by atoms with Crippen LogP contribution >= 0.6 is 0 Å². The number of hydrogen-bond donors (Lipinski definition) is 2. The van der Waals surface area contributed by atoms with Gasteiger partial charge in [0, 0.05) is 40.6 Å². The van der Waals surface area contributed by atoms with E-state index in [-0.39, 0.29) is 28.3 Å². The van der Waals surface area contributed by atoms with Gasteiger partial charge in [-0.15, -0.1) is 0 Å². The van der Waals surface area contributed by atoms with Gasteiger partial charge in [-0.3, -0.25) is 4.98 Å². The van der Waals surface area contributed by atoms with E-state index in [0.717, 1.165) is 24.2 Å². The molecule has 160 valence electrons. The number of hydrogen-bond acceptors (Lipinski definition) is 4. The summed E-state index contributed by atoms with van der Waals surface area (Å²) in [6.07, 6.45) is 6.27. The van der Waals surface area contributed by atoms with Gasteiger partial charge in [-0.1, -0.05) is 32.8 Å². The number of pyridine rings is 1. The molecule has 1 aromatic rings. The fourth-order valence-electron chi connectivity index (χ4n) is 8.65. The summed E-state index contributed by atoms with van der Waals surface area (Å²) in [4.78, 5) is 4.93. The fourth-order valence-corrected chi connectivity index (χ4v) is 8.65. The van der Waals surface area contributed by atoms with E-state index in [9.17, 15) is 5.11 Å². The molecule has 4 nitrogen and oxygen atoms in total. The first kappa shape index (κ1) is 20.0. The van der Waals surface area contributed by atoms with Crippen molar-refractivity contribution in [2.45, 2.75) is 108 Å². The molecule has 3 saturated carbocycles. The lowest BCUT2D eigenvalue weighted by molar-refractivity contribution is -0.396. The second kappa shape index (κ2) is 5.44. The highest BCUT2D eigenvalue weighted by Crippen LogP contribution is 2.81. The minimum absolute atomic E-state index is 0.0141. The van der Waals surface area contributed by atoms with E-state index in [2.05, 4.69) is 45.9 Å². The van der Waals surface area contributed by atoms with Crippen molar-refractivity contribution >= 4 is 0 Å². The molecule has 5 fully saturated rings. The summed E-state index contributed by atoms with van der Waals surface area (Å²) in [6, 6.07) is 6.32. The maximum atomic E-state index is 12.4. The van der Waals surface area contributed by atoms with E-state index in [1.807, 2.05) is 13.8 Å². The molecule has 2 aliphatic heterocycles. The Hall–Kier alpha value is -0.970. The molecule has 3 heterocycles. The molecule has 1 spiro atoms. The van der Waals surface area contributed by atoms with Gasteiger partial charge >= 0.3 is 0 Å². The number of fused-ring (bicyclic) bond motifs is 1. The zero-order valence-electron chi connectivity index (χ0n) is 19.0. The molecule has 0 amide bonds. The third kappa shape index (κ3) is 2.09. The van der Waals surface area contributed by atoms with E-state index < -0.39 is 16.7 Å². The molecule has 0 aromatic carbocycles. The molecule has 7 atom stereocenters. The van der Waals surface area contributed by atoms with Crippen LogP contribution in [0.3, 0.4) is 0 Å². The van der Waals surface area contributed by atoms with Crippen LogP contribution in [0.25, 0.3) is 0 Å². The Morgan fingerprint density at radius 3 is 2.52 bits per heavy atom.